The molecule has 0 bridgehead atoms. The molecule has 0 N–H and O–H groups in total. The molecule has 1 aliphatic rings. The largest absolute Gasteiger partial charge is 0.493 e. The van der Waals surface area contributed by atoms with Crippen LogP contribution in [-0.2, 0) is 16.1 Å². The zero-order valence-electron chi connectivity index (χ0n) is 19.4. The maximum absolute atomic E-state index is 12.4. The van der Waals surface area contributed by atoms with Crippen LogP contribution >= 0.6 is 0 Å². The van der Waals surface area contributed by atoms with Crippen molar-refractivity contribution in [3.8, 4) is 11.5 Å². The van der Waals surface area contributed by atoms with Crippen LogP contribution in [0.15, 0.2) is 48.5 Å². The van der Waals surface area contributed by atoms with E-state index >= 15 is 0 Å². The summed E-state index contributed by atoms with van der Waals surface area (Å²) in [5.74, 6) is 2.26. The summed E-state index contributed by atoms with van der Waals surface area (Å²) < 4.78 is 16.9. The van der Waals surface area contributed by atoms with E-state index in [1.807, 2.05) is 29.2 Å². The van der Waals surface area contributed by atoms with Gasteiger partial charge in [0.15, 0.2) is 11.5 Å². The molecule has 2 unspecified atom stereocenters. The SMILES string of the molecule is COc1ccc(CN(CCC2CC(C)(C)OCC2c2ccccc2)C(C)=O)cc1OC. The first-order chi connectivity index (χ1) is 14.8. The van der Waals surface area contributed by atoms with Crippen molar-refractivity contribution >= 4 is 5.91 Å². The molecule has 0 radical (unpaired) electrons. The van der Waals surface area contributed by atoms with Crippen LogP contribution in [0.4, 0.5) is 0 Å². The van der Waals surface area contributed by atoms with Gasteiger partial charge in [-0.2, -0.15) is 0 Å². The van der Waals surface area contributed by atoms with Crippen LogP contribution in [0.1, 0.15) is 50.7 Å². The smallest absolute Gasteiger partial charge is 0.219 e. The van der Waals surface area contributed by atoms with Gasteiger partial charge >= 0.3 is 0 Å². The lowest BCUT2D eigenvalue weighted by atomic mass is 9.76. The maximum Gasteiger partial charge on any atom is 0.219 e. The summed E-state index contributed by atoms with van der Waals surface area (Å²) in [6.45, 7) is 7.95. The molecule has 2 atom stereocenters. The molecule has 3 rings (SSSR count). The van der Waals surface area contributed by atoms with E-state index in [1.54, 1.807) is 21.1 Å². The number of carbonyl (C=O) groups is 1. The second-order valence-electron chi connectivity index (χ2n) is 8.97. The summed E-state index contributed by atoms with van der Waals surface area (Å²) in [5.41, 5.74) is 2.21. The van der Waals surface area contributed by atoms with Crippen LogP contribution in [0.3, 0.4) is 0 Å². The molecule has 5 nitrogen and oxygen atoms in total. The van der Waals surface area contributed by atoms with Gasteiger partial charge in [-0.15, -0.1) is 0 Å². The third-order valence-corrected chi connectivity index (χ3v) is 6.24. The Bertz CT molecular complexity index is 865. The van der Waals surface area contributed by atoms with Gasteiger partial charge in [-0.3, -0.25) is 4.79 Å². The summed E-state index contributed by atoms with van der Waals surface area (Å²) in [4.78, 5) is 14.3. The van der Waals surface area contributed by atoms with Crippen molar-refractivity contribution in [2.45, 2.75) is 51.7 Å². The summed E-state index contributed by atoms with van der Waals surface area (Å²) >= 11 is 0. The molecule has 0 aliphatic carbocycles. The van der Waals surface area contributed by atoms with Gasteiger partial charge in [-0.25, -0.2) is 0 Å². The third-order valence-electron chi connectivity index (χ3n) is 6.24. The van der Waals surface area contributed by atoms with Crippen molar-refractivity contribution in [1.82, 2.24) is 4.90 Å². The number of nitrogens with zero attached hydrogens (tertiary/aromatic N) is 1. The third kappa shape index (κ3) is 6.01. The predicted octanol–water partition coefficient (Wildman–Crippen LogP) is 5.04. The van der Waals surface area contributed by atoms with Crippen LogP contribution in [0.2, 0.25) is 0 Å². The fourth-order valence-corrected chi connectivity index (χ4v) is 4.52. The van der Waals surface area contributed by atoms with Gasteiger partial charge in [0, 0.05) is 25.9 Å². The van der Waals surface area contributed by atoms with E-state index in [0.29, 0.717) is 36.4 Å². The molecular weight excluding hydrogens is 390 g/mol. The first-order valence-electron chi connectivity index (χ1n) is 11.0. The van der Waals surface area contributed by atoms with Crippen LogP contribution < -0.4 is 9.47 Å². The number of rotatable bonds is 8. The molecule has 1 heterocycles. The van der Waals surface area contributed by atoms with E-state index in [9.17, 15) is 4.79 Å². The van der Waals surface area contributed by atoms with Gasteiger partial charge in [0.25, 0.3) is 0 Å². The minimum absolute atomic E-state index is 0.0809. The Morgan fingerprint density at radius 1 is 1.10 bits per heavy atom. The number of hydrogen-bond donors (Lipinski definition) is 0. The van der Waals surface area contributed by atoms with Crippen molar-refractivity contribution in [3.63, 3.8) is 0 Å². The van der Waals surface area contributed by atoms with Crippen LogP contribution in [0.5, 0.6) is 11.5 Å². The van der Waals surface area contributed by atoms with Gasteiger partial charge in [0.05, 0.1) is 26.4 Å². The molecular formula is C26H35NO4. The number of ether oxygens (including phenoxy) is 3. The molecule has 5 heteroatoms. The first kappa shape index (κ1) is 23.1. The predicted molar refractivity (Wildman–Crippen MR) is 123 cm³/mol. The highest BCUT2D eigenvalue weighted by molar-refractivity contribution is 5.73. The van der Waals surface area contributed by atoms with Crippen LogP contribution in [-0.4, -0.2) is 43.8 Å². The van der Waals surface area contributed by atoms with Gasteiger partial charge in [-0.1, -0.05) is 36.4 Å². The van der Waals surface area contributed by atoms with Gasteiger partial charge in [0.1, 0.15) is 0 Å². The van der Waals surface area contributed by atoms with Gasteiger partial charge in [-0.05, 0) is 55.9 Å². The van der Waals surface area contributed by atoms with Gasteiger partial charge in [0.2, 0.25) is 5.91 Å². The molecule has 31 heavy (non-hydrogen) atoms. The first-order valence-corrected chi connectivity index (χ1v) is 11.0. The fourth-order valence-electron chi connectivity index (χ4n) is 4.52. The summed E-state index contributed by atoms with van der Waals surface area (Å²) in [7, 11) is 3.25. The fraction of sp³-hybridized carbons (Fsp3) is 0.500. The van der Waals surface area contributed by atoms with Crippen molar-refractivity contribution in [3.05, 3.63) is 59.7 Å². The summed E-state index contributed by atoms with van der Waals surface area (Å²) in [5, 5.41) is 0. The highest BCUT2D eigenvalue weighted by Gasteiger charge is 2.36. The molecule has 2 aromatic rings. The topological polar surface area (TPSA) is 48.0 Å². The quantitative estimate of drug-likeness (QED) is 0.594. The minimum atomic E-state index is -0.139. The zero-order valence-corrected chi connectivity index (χ0v) is 19.4. The minimum Gasteiger partial charge on any atom is -0.493 e. The normalized spacial score (nSPS) is 20.2. The molecule has 168 valence electrons. The summed E-state index contributed by atoms with van der Waals surface area (Å²) in [6.07, 6.45) is 1.92. The average Bonchev–Trinajstić information content (AvgIpc) is 2.76. The zero-order chi connectivity index (χ0) is 22.4. The average molecular weight is 426 g/mol. The highest BCUT2D eigenvalue weighted by Crippen LogP contribution is 2.40. The second kappa shape index (κ2) is 10.2. The molecule has 1 fully saturated rings. The van der Waals surface area contributed by atoms with Crippen molar-refractivity contribution in [1.29, 1.82) is 0 Å². The Kier molecular flexibility index (Phi) is 7.60. The molecule has 1 saturated heterocycles. The van der Waals surface area contributed by atoms with E-state index in [0.717, 1.165) is 25.0 Å². The monoisotopic (exact) mass is 425 g/mol. The Labute approximate surface area is 186 Å². The Morgan fingerprint density at radius 3 is 2.45 bits per heavy atom. The van der Waals surface area contributed by atoms with E-state index in [2.05, 4.69) is 38.1 Å². The van der Waals surface area contributed by atoms with Crippen molar-refractivity contribution in [2.24, 2.45) is 5.92 Å². The summed E-state index contributed by atoms with van der Waals surface area (Å²) in [6, 6.07) is 16.4. The van der Waals surface area contributed by atoms with Crippen molar-refractivity contribution < 1.29 is 19.0 Å². The number of benzene rings is 2. The van der Waals surface area contributed by atoms with E-state index in [4.69, 9.17) is 14.2 Å². The van der Waals surface area contributed by atoms with Crippen LogP contribution in [0.25, 0.3) is 0 Å². The lowest BCUT2D eigenvalue weighted by Gasteiger charge is -2.42. The standard InChI is InChI=1S/C26H35NO4/c1-19(28)27(17-20-11-12-24(29-4)25(15-20)30-5)14-13-22-16-26(2,3)31-18-23(22)21-9-7-6-8-10-21/h6-12,15,22-23H,13-14,16-18H2,1-5H3. The Morgan fingerprint density at radius 2 is 1.81 bits per heavy atom. The highest BCUT2D eigenvalue weighted by atomic mass is 16.5. The number of amides is 1. The number of hydrogen-bond acceptors (Lipinski definition) is 4. The van der Waals surface area contributed by atoms with Crippen LogP contribution in [0, 0.1) is 5.92 Å². The van der Waals surface area contributed by atoms with E-state index in [-0.39, 0.29) is 11.5 Å². The molecule has 0 aromatic heterocycles. The maximum atomic E-state index is 12.4. The number of carbonyl (C=O) groups excluding carboxylic acids is 1. The molecule has 2 aromatic carbocycles. The molecule has 0 saturated carbocycles. The second-order valence-corrected chi connectivity index (χ2v) is 8.97. The number of methoxy groups -OCH3 is 2. The van der Waals surface area contributed by atoms with Crippen molar-refractivity contribution in [2.75, 3.05) is 27.4 Å². The lowest BCUT2D eigenvalue weighted by molar-refractivity contribution is -0.130. The molecule has 0 spiro atoms. The molecule has 1 aliphatic heterocycles. The Balaban J connectivity index is 1.72. The van der Waals surface area contributed by atoms with Gasteiger partial charge < -0.3 is 19.1 Å². The Hall–Kier alpha value is -2.53. The molecule has 1 amide bonds. The van der Waals surface area contributed by atoms with E-state index in [1.165, 1.54) is 5.56 Å². The van der Waals surface area contributed by atoms with E-state index < -0.39 is 0 Å². The lowest BCUT2D eigenvalue weighted by Crippen LogP contribution is -2.40.